The van der Waals surface area contributed by atoms with Crippen molar-refractivity contribution in [1.82, 2.24) is 10.3 Å². The largest absolute Gasteiger partial charge is 0.497 e. The number of benzene rings is 2. The third-order valence-electron chi connectivity index (χ3n) is 4.44. The summed E-state index contributed by atoms with van der Waals surface area (Å²) in [5.74, 6) is 2.00. The van der Waals surface area contributed by atoms with E-state index in [4.69, 9.17) is 14.2 Å². The lowest BCUT2D eigenvalue weighted by Crippen LogP contribution is -2.23. The van der Waals surface area contributed by atoms with Crippen LogP contribution in [0.5, 0.6) is 17.2 Å². The van der Waals surface area contributed by atoms with Crippen LogP contribution in [0.2, 0.25) is 0 Å². The predicted molar refractivity (Wildman–Crippen MR) is 109 cm³/mol. The van der Waals surface area contributed by atoms with Gasteiger partial charge in [0, 0.05) is 18.3 Å². The molecule has 1 aliphatic rings. The van der Waals surface area contributed by atoms with E-state index in [1.807, 2.05) is 48.5 Å². The molecule has 2 aromatic carbocycles. The number of hydrogen-bond acceptors (Lipinski definition) is 6. The van der Waals surface area contributed by atoms with Gasteiger partial charge in [-0.3, -0.25) is 4.79 Å². The van der Waals surface area contributed by atoms with Crippen LogP contribution in [-0.4, -0.2) is 31.2 Å². The van der Waals surface area contributed by atoms with Crippen molar-refractivity contribution < 1.29 is 19.0 Å². The molecule has 0 atom stereocenters. The maximum absolute atomic E-state index is 12.3. The molecule has 1 aliphatic heterocycles. The van der Waals surface area contributed by atoms with Crippen LogP contribution in [0.4, 0.5) is 11.4 Å². The standard InChI is InChI=1S/C22H21N3O4/c1-27-18-6-2-15(3-7-18)13-24-22(26)19-8-4-17(14-23-19)25-16-5-9-20-21(12-16)29-11-10-28-20/h2-9,12,14,25H,10-11,13H2,1H3,(H,24,26). The number of aromatic nitrogens is 1. The van der Waals surface area contributed by atoms with E-state index >= 15 is 0 Å². The number of carbonyl (C=O) groups is 1. The van der Waals surface area contributed by atoms with Crippen molar-refractivity contribution >= 4 is 17.3 Å². The topological polar surface area (TPSA) is 81.7 Å². The lowest BCUT2D eigenvalue weighted by Gasteiger charge is -2.19. The van der Waals surface area contributed by atoms with Crippen molar-refractivity contribution in [2.45, 2.75) is 6.54 Å². The highest BCUT2D eigenvalue weighted by Gasteiger charge is 2.12. The van der Waals surface area contributed by atoms with Gasteiger partial charge < -0.3 is 24.8 Å². The Kier molecular flexibility index (Phi) is 5.47. The van der Waals surface area contributed by atoms with Gasteiger partial charge in [0.2, 0.25) is 0 Å². The van der Waals surface area contributed by atoms with Gasteiger partial charge in [-0.25, -0.2) is 4.98 Å². The second kappa shape index (κ2) is 8.52. The summed E-state index contributed by atoms with van der Waals surface area (Å²) in [5.41, 5.74) is 2.96. The molecule has 0 spiro atoms. The van der Waals surface area contributed by atoms with Gasteiger partial charge >= 0.3 is 0 Å². The number of nitrogens with one attached hydrogen (secondary N) is 2. The van der Waals surface area contributed by atoms with Crippen molar-refractivity contribution in [3.05, 3.63) is 72.1 Å². The molecule has 0 radical (unpaired) electrons. The Labute approximate surface area is 168 Å². The number of hydrogen-bond donors (Lipinski definition) is 2. The molecule has 0 fully saturated rings. The summed E-state index contributed by atoms with van der Waals surface area (Å²) in [4.78, 5) is 16.6. The molecule has 0 saturated carbocycles. The quantitative estimate of drug-likeness (QED) is 0.669. The molecule has 7 heteroatoms. The minimum Gasteiger partial charge on any atom is -0.497 e. The zero-order valence-corrected chi connectivity index (χ0v) is 16.0. The average molecular weight is 391 g/mol. The number of pyridine rings is 1. The first-order valence-electron chi connectivity index (χ1n) is 9.25. The summed E-state index contributed by atoms with van der Waals surface area (Å²) in [6, 6.07) is 16.7. The Balaban J connectivity index is 1.35. The Bertz CT molecular complexity index is 988. The summed E-state index contributed by atoms with van der Waals surface area (Å²) in [6.07, 6.45) is 1.62. The summed E-state index contributed by atoms with van der Waals surface area (Å²) in [5, 5.41) is 6.11. The summed E-state index contributed by atoms with van der Waals surface area (Å²) >= 11 is 0. The van der Waals surface area contributed by atoms with Crippen molar-refractivity contribution in [3.8, 4) is 17.2 Å². The van der Waals surface area contributed by atoms with Crippen LogP contribution >= 0.6 is 0 Å². The van der Waals surface area contributed by atoms with E-state index < -0.39 is 0 Å². The molecule has 3 aromatic rings. The van der Waals surface area contributed by atoms with Crippen LogP contribution in [-0.2, 0) is 6.54 Å². The smallest absolute Gasteiger partial charge is 0.270 e. The molecule has 2 heterocycles. The molecular formula is C22H21N3O4. The molecule has 0 unspecified atom stereocenters. The summed E-state index contributed by atoms with van der Waals surface area (Å²) < 4.78 is 16.2. The van der Waals surface area contributed by atoms with Crippen LogP contribution in [0.25, 0.3) is 0 Å². The lowest BCUT2D eigenvalue weighted by molar-refractivity contribution is 0.0946. The molecule has 2 N–H and O–H groups in total. The van der Waals surface area contributed by atoms with Crippen molar-refractivity contribution in [3.63, 3.8) is 0 Å². The number of ether oxygens (including phenoxy) is 3. The van der Waals surface area contributed by atoms with Crippen molar-refractivity contribution in [2.24, 2.45) is 0 Å². The number of amides is 1. The molecule has 29 heavy (non-hydrogen) atoms. The molecule has 1 amide bonds. The fraction of sp³-hybridized carbons (Fsp3) is 0.182. The van der Waals surface area contributed by atoms with Crippen LogP contribution in [0.3, 0.4) is 0 Å². The monoisotopic (exact) mass is 391 g/mol. The fourth-order valence-corrected chi connectivity index (χ4v) is 2.91. The van der Waals surface area contributed by atoms with Gasteiger partial charge in [0.25, 0.3) is 5.91 Å². The number of rotatable bonds is 6. The average Bonchev–Trinajstić information content (AvgIpc) is 2.78. The van der Waals surface area contributed by atoms with E-state index in [0.29, 0.717) is 31.2 Å². The van der Waals surface area contributed by atoms with E-state index in [-0.39, 0.29) is 5.91 Å². The molecular weight excluding hydrogens is 370 g/mol. The number of methoxy groups -OCH3 is 1. The van der Waals surface area contributed by atoms with Crippen LogP contribution in [0, 0.1) is 0 Å². The number of carbonyl (C=O) groups excluding carboxylic acids is 1. The molecule has 4 rings (SSSR count). The third-order valence-corrected chi connectivity index (χ3v) is 4.44. The van der Waals surface area contributed by atoms with E-state index in [1.165, 1.54) is 0 Å². The minimum absolute atomic E-state index is 0.230. The fourth-order valence-electron chi connectivity index (χ4n) is 2.91. The molecule has 7 nitrogen and oxygen atoms in total. The van der Waals surface area contributed by atoms with Gasteiger partial charge in [-0.2, -0.15) is 0 Å². The zero-order chi connectivity index (χ0) is 20.1. The van der Waals surface area contributed by atoms with Crippen LogP contribution < -0.4 is 24.8 Å². The maximum Gasteiger partial charge on any atom is 0.270 e. The van der Waals surface area contributed by atoms with E-state index in [1.54, 1.807) is 19.4 Å². The second-order valence-corrected chi connectivity index (χ2v) is 6.45. The second-order valence-electron chi connectivity index (χ2n) is 6.45. The summed E-state index contributed by atoms with van der Waals surface area (Å²) in [6.45, 7) is 1.52. The maximum atomic E-state index is 12.3. The highest BCUT2D eigenvalue weighted by Crippen LogP contribution is 2.33. The minimum atomic E-state index is -0.230. The molecule has 0 saturated heterocycles. The lowest BCUT2D eigenvalue weighted by atomic mass is 10.2. The molecule has 148 valence electrons. The number of nitrogens with zero attached hydrogens (tertiary/aromatic N) is 1. The zero-order valence-electron chi connectivity index (χ0n) is 16.0. The van der Waals surface area contributed by atoms with Crippen LogP contribution in [0.1, 0.15) is 16.1 Å². The Morgan fingerprint density at radius 3 is 2.48 bits per heavy atom. The van der Waals surface area contributed by atoms with Gasteiger partial charge in [0.05, 0.1) is 19.0 Å². The Morgan fingerprint density at radius 1 is 1.00 bits per heavy atom. The van der Waals surface area contributed by atoms with Crippen LogP contribution in [0.15, 0.2) is 60.8 Å². The SMILES string of the molecule is COc1ccc(CNC(=O)c2ccc(Nc3ccc4c(c3)OCCO4)cn2)cc1. The van der Waals surface area contributed by atoms with Gasteiger partial charge in [0.15, 0.2) is 11.5 Å². The molecule has 0 aliphatic carbocycles. The Morgan fingerprint density at radius 2 is 1.76 bits per heavy atom. The molecule has 1 aromatic heterocycles. The van der Waals surface area contributed by atoms with Gasteiger partial charge in [-0.1, -0.05) is 12.1 Å². The van der Waals surface area contributed by atoms with E-state index in [2.05, 4.69) is 15.6 Å². The first-order chi connectivity index (χ1) is 14.2. The predicted octanol–water partition coefficient (Wildman–Crippen LogP) is 3.54. The van der Waals surface area contributed by atoms with E-state index in [9.17, 15) is 4.79 Å². The summed E-state index contributed by atoms with van der Waals surface area (Å²) in [7, 11) is 1.62. The van der Waals surface area contributed by atoms with Crippen molar-refractivity contribution in [2.75, 3.05) is 25.6 Å². The number of anilines is 2. The normalized spacial score (nSPS) is 12.2. The van der Waals surface area contributed by atoms with Gasteiger partial charge in [-0.15, -0.1) is 0 Å². The third kappa shape index (κ3) is 4.57. The first-order valence-corrected chi connectivity index (χ1v) is 9.25. The first kappa shape index (κ1) is 18.6. The Hall–Kier alpha value is -3.74. The highest BCUT2D eigenvalue weighted by atomic mass is 16.6. The van der Waals surface area contributed by atoms with Gasteiger partial charge in [0.1, 0.15) is 24.7 Å². The highest BCUT2D eigenvalue weighted by molar-refractivity contribution is 5.92. The van der Waals surface area contributed by atoms with E-state index in [0.717, 1.165) is 28.4 Å². The van der Waals surface area contributed by atoms with Crippen molar-refractivity contribution in [1.29, 1.82) is 0 Å². The van der Waals surface area contributed by atoms with Gasteiger partial charge in [-0.05, 0) is 42.0 Å². The molecule has 0 bridgehead atoms. The number of fused-ring (bicyclic) bond motifs is 1.